The first-order valence-corrected chi connectivity index (χ1v) is 14.5. The van der Waals surface area contributed by atoms with Crippen LogP contribution in [0.2, 0.25) is 0 Å². The minimum atomic E-state index is -3.65. The monoisotopic (exact) mass is 588 g/mol. The Bertz CT molecular complexity index is 1460. The highest BCUT2D eigenvalue weighted by molar-refractivity contribution is 9.10. The number of furan rings is 1. The fraction of sp³-hybridized carbons (Fsp3) is 0.240. The van der Waals surface area contributed by atoms with Crippen molar-refractivity contribution in [1.82, 2.24) is 9.29 Å². The Hall–Kier alpha value is -2.86. The smallest absolute Gasteiger partial charge is 0.280 e. The van der Waals surface area contributed by atoms with Gasteiger partial charge in [-0.2, -0.15) is 14.4 Å². The van der Waals surface area contributed by atoms with E-state index in [1.54, 1.807) is 12.1 Å². The van der Waals surface area contributed by atoms with Gasteiger partial charge in [-0.15, -0.1) is 0 Å². The molecule has 0 spiro atoms. The standard InChI is InChI=1S/C25H25BrN4O4S2/c1-3-13-29(14-4-2)36(32,33)21-10-7-18(8-11-21)24(31)30(27-17-20-6-5-15-34-20)25-28-22-12-9-19(26)16-23(22)35-25/h5-12,15-17H,3-4,13-14H2,1-2H3/b27-17+. The van der Waals surface area contributed by atoms with Gasteiger partial charge in [-0.3, -0.25) is 4.79 Å². The van der Waals surface area contributed by atoms with Gasteiger partial charge in [0.25, 0.3) is 5.91 Å². The van der Waals surface area contributed by atoms with Gasteiger partial charge in [-0.05, 0) is 67.4 Å². The number of hydrogen-bond donors (Lipinski definition) is 0. The Morgan fingerprint density at radius 1 is 1.11 bits per heavy atom. The minimum absolute atomic E-state index is 0.149. The number of aromatic nitrogens is 1. The highest BCUT2D eigenvalue weighted by Crippen LogP contribution is 2.32. The van der Waals surface area contributed by atoms with Crippen LogP contribution in [0.1, 0.15) is 42.8 Å². The summed E-state index contributed by atoms with van der Waals surface area (Å²) in [6.07, 6.45) is 4.39. The number of amides is 1. The van der Waals surface area contributed by atoms with E-state index in [2.05, 4.69) is 26.0 Å². The van der Waals surface area contributed by atoms with Crippen molar-refractivity contribution < 1.29 is 17.6 Å². The van der Waals surface area contributed by atoms with Crippen LogP contribution < -0.4 is 5.01 Å². The maximum Gasteiger partial charge on any atom is 0.280 e. The second-order valence-corrected chi connectivity index (χ2v) is 11.8. The molecule has 0 aliphatic carbocycles. The van der Waals surface area contributed by atoms with E-state index in [-0.39, 0.29) is 10.5 Å². The number of carbonyl (C=O) groups is 1. The molecule has 0 aliphatic heterocycles. The zero-order valence-electron chi connectivity index (χ0n) is 19.8. The van der Waals surface area contributed by atoms with E-state index in [0.717, 1.165) is 27.5 Å². The van der Waals surface area contributed by atoms with Crippen molar-refractivity contribution in [3.05, 3.63) is 76.7 Å². The third-order valence-electron chi connectivity index (χ3n) is 5.24. The quantitative estimate of drug-likeness (QED) is 0.164. The fourth-order valence-electron chi connectivity index (χ4n) is 3.54. The first-order chi connectivity index (χ1) is 17.3. The van der Waals surface area contributed by atoms with Gasteiger partial charge < -0.3 is 4.42 Å². The number of sulfonamides is 1. The molecule has 188 valence electrons. The first kappa shape index (κ1) is 26.2. The second-order valence-electron chi connectivity index (χ2n) is 7.91. The average Bonchev–Trinajstić information content (AvgIpc) is 3.53. The van der Waals surface area contributed by atoms with Crippen LogP contribution >= 0.6 is 27.3 Å². The molecule has 4 aromatic rings. The zero-order valence-corrected chi connectivity index (χ0v) is 23.0. The lowest BCUT2D eigenvalue weighted by Gasteiger charge is -2.21. The van der Waals surface area contributed by atoms with Crippen molar-refractivity contribution in [1.29, 1.82) is 0 Å². The van der Waals surface area contributed by atoms with Gasteiger partial charge in [0.05, 0.1) is 27.6 Å². The van der Waals surface area contributed by atoms with Crippen LogP contribution in [0.25, 0.3) is 10.2 Å². The topological polar surface area (TPSA) is 96.1 Å². The van der Waals surface area contributed by atoms with E-state index in [4.69, 9.17) is 4.42 Å². The third kappa shape index (κ3) is 5.75. The molecule has 11 heteroatoms. The Kier molecular flexibility index (Phi) is 8.35. The highest BCUT2D eigenvalue weighted by atomic mass is 79.9. The van der Waals surface area contributed by atoms with Crippen LogP contribution in [-0.4, -0.2) is 42.9 Å². The molecule has 0 atom stereocenters. The van der Waals surface area contributed by atoms with Crippen molar-refractivity contribution in [3.8, 4) is 0 Å². The molecule has 2 heterocycles. The van der Waals surface area contributed by atoms with E-state index < -0.39 is 15.9 Å². The van der Waals surface area contributed by atoms with Gasteiger partial charge in [0, 0.05) is 23.1 Å². The second kappa shape index (κ2) is 11.5. The molecule has 1 amide bonds. The van der Waals surface area contributed by atoms with E-state index in [9.17, 15) is 13.2 Å². The molecule has 0 radical (unpaired) electrons. The number of halogens is 1. The van der Waals surface area contributed by atoms with E-state index in [1.165, 1.54) is 57.4 Å². The Morgan fingerprint density at radius 2 is 1.83 bits per heavy atom. The number of thiazole rings is 1. The Balaban J connectivity index is 1.67. The molecule has 0 N–H and O–H groups in total. The van der Waals surface area contributed by atoms with Gasteiger partial charge in [0.2, 0.25) is 15.2 Å². The predicted octanol–water partition coefficient (Wildman–Crippen LogP) is 6.14. The number of anilines is 1. The van der Waals surface area contributed by atoms with Crippen LogP contribution in [0, 0.1) is 0 Å². The Morgan fingerprint density at radius 3 is 2.47 bits per heavy atom. The molecule has 0 unspecified atom stereocenters. The molecule has 0 fully saturated rings. The highest BCUT2D eigenvalue weighted by Gasteiger charge is 2.25. The minimum Gasteiger partial charge on any atom is -0.463 e. The summed E-state index contributed by atoms with van der Waals surface area (Å²) < 4.78 is 34.8. The number of carbonyl (C=O) groups excluding carboxylic acids is 1. The summed E-state index contributed by atoms with van der Waals surface area (Å²) in [5, 5.41) is 5.93. The molecule has 4 rings (SSSR count). The predicted molar refractivity (Wildman–Crippen MR) is 146 cm³/mol. The molecular weight excluding hydrogens is 564 g/mol. The lowest BCUT2D eigenvalue weighted by atomic mass is 10.2. The van der Waals surface area contributed by atoms with Crippen LogP contribution in [0.4, 0.5) is 5.13 Å². The lowest BCUT2D eigenvalue weighted by molar-refractivity contribution is 0.0987. The third-order valence-corrected chi connectivity index (χ3v) is 8.64. The van der Waals surface area contributed by atoms with Crippen molar-refractivity contribution in [3.63, 3.8) is 0 Å². The molecular formula is C25H25BrN4O4S2. The van der Waals surface area contributed by atoms with Crippen LogP contribution in [0.5, 0.6) is 0 Å². The van der Waals surface area contributed by atoms with E-state index >= 15 is 0 Å². The molecule has 2 aromatic carbocycles. The van der Waals surface area contributed by atoms with Crippen molar-refractivity contribution in [2.75, 3.05) is 18.1 Å². The molecule has 8 nitrogen and oxygen atoms in total. The molecule has 36 heavy (non-hydrogen) atoms. The number of benzene rings is 2. The molecule has 0 saturated heterocycles. The summed E-state index contributed by atoms with van der Waals surface area (Å²) in [6.45, 7) is 4.77. The molecule has 2 aromatic heterocycles. The van der Waals surface area contributed by atoms with Crippen LogP contribution in [-0.2, 0) is 10.0 Å². The largest absolute Gasteiger partial charge is 0.463 e. The van der Waals surface area contributed by atoms with Crippen LogP contribution in [0.15, 0.2) is 79.7 Å². The van der Waals surface area contributed by atoms with E-state index in [1.807, 2.05) is 32.0 Å². The summed E-state index contributed by atoms with van der Waals surface area (Å²) in [7, 11) is -3.65. The van der Waals surface area contributed by atoms with Gasteiger partial charge in [-0.25, -0.2) is 13.4 Å². The number of hydrogen-bond acceptors (Lipinski definition) is 7. The molecule has 0 saturated carbocycles. The molecule has 0 aliphatic rings. The van der Waals surface area contributed by atoms with Gasteiger partial charge >= 0.3 is 0 Å². The molecule has 0 bridgehead atoms. The van der Waals surface area contributed by atoms with Crippen LogP contribution in [0.3, 0.4) is 0 Å². The van der Waals surface area contributed by atoms with E-state index in [0.29, 0.717) is 24.0 Å². The zero-order chi connectivity index (χ0) is 25.7. The SMILES string of the molecule is CCCN(CCC)S(=O)(=O)c1ccc(C(=O)N(/N=C/c2ccco2)c2nc3ccc(Br)cc3s2)cc1. The van der Waals surface area contributed by atoms with Crippen molar-refractivity contribution in [2.45, 2.75) is 31.6 Å². The van der Waals surface area contributed by atoms with Gasteiger partial charge in [0.1, 0.15) is 5.76 Å². The summed E-state index contributed by atoms with van der Waals surface area (Å²) in [6, 6.07) is 15.0. The first-order valence-electron chi connectivity index (χ1n) is 11.4. The van der Waals surface area contributed by atoms with Crippen molar-refractivity contribution in [2.24, 2.45) is 5.10 Å². The summed E-state index contributed by atoms with van der Waals surface area (Å²) in [5.74, 6) is 0.0314. The summed E-state index contributed by atoms with van der Waals surface area (Å²) in [4.78, 5) is 18.3. The summed E-state index contributed by atoms with van der Waals surface area (Å²) in [5.41, 5.74) is 1.01. The maximum atomic E-state index is 13.5. The maximum absolute atomic E-state index is 13.5. The number of nitrogens with zero attached hydrogens (tertiary/aromatic N) is 4. The Labute approximate surface area is 222 Å². The normalized spacial score (nSPS) is 12.1. The number of rotatable bonds is 10. The van der Waals surface area contributed by atoms with Crippen molar-refractivity contribution >= 4 is 64.8 Å². The van der Waals surface area contributed by atoms with Gasteiger partial charge in [-0.1, -0.05) is 41.1 Å². The average molecular weight is 590 g/mol. The number of fused-ring (bicyclic) bond motifs is 1. The summed E-state index contributed by atoms with van der Waals surface area (Å²) >= 11 is 4.78. The fourth-order valence-corrected chi connectivity index (χ4v) is 6.63. The van der Waals surface area contributed by atoms with Gasteiger partial charge in [0.15, 0.2) is 0 Å². The lowest BCUT2D eigenvalue weighted by Crippen LogP contribution is -2.32. The number of hydrazone groups is 1.